The molecule has 2 aliphatic rings. The fourth-order valence-corrected chi connectivity index (χ4v) is 2.94. The zero-order valence-corrected chi connectivity index (χ0v) is 11.5. The molecule has 3 unspecified atom stereocenters. The maximum absolute atomic E-state index is 5.37. The van der Waals surface area contributed by atoms with Gasteiger partial charge in [0.2, 0.25) is 0 Å². The summed E-state index contributed by atoms with van der Waals surface area (Å²) in [5.74, 6) is 0. The fourth-order valence-electron chi connectivity index (χ4n) is 2.94. The molecule has 0 radical (unpaired) electrons. The molecule has 2 aliphatic heterocycles. The summed E-state index contributed by atoms with van der Waals surface area (Å²) in [4.78, 5) is 4.95. The second-order valence-corrected chi connectivity index (χ2v) is 5.70. The maximum atomic E-state index is 5.37. The highest BCUT2D eigenvalue weighted by atomic mass is 16.5. The molecular formula is C13H27N3O. The van der Waals surface area contributed by atoms with Gasteiger partial charge >= 0.3 is 0 Å². The average Bonchev–Trinajstić information content (AvgIpc) is 2.59. The SMILES string of the molecule is CC(CN1CCOCC1)NC1CC(C)N(C)C1. The van der Waals surface area contributed by atoms with E-state index in [1.165, 1.54) is 13.0 Å². The first kappa shape index (κ1) is 13.3. The molecule has 2 rings (SSSR count). The Morgan fingerprint density at radius 2 is 2.06 bits per heavy atom. The van der Waals surface area contributed by atoms with Crippen LogP contribution in [0.3, 0.4) is 0 Å². The number of ether oxygens (including phenoxy) is 1. The lowest BCUT2D eigenvalue weighted by atomic mass is 10.1. The van der Waals surface area contributed by atoms with E-state index in [0.29, 0.717) is 12.1 Å². The number of hydrogen-bond acceptors (Lipinski definition) is 4. The predicted molar refractivity (Wildman–Crippen MR) is 70.4 cm³/mol. The molecule has 0 aromatic rings. The summed E-state index contributed by atoms with van der Waals surface area (Å²) in [6.07, 6.45) is 1.28. The Kier molecular flexibility index (Phi) is 4.79. The van der Waals surface area contributed by atoms with E-state index in [2.05, 4.69) is 36.0 Å². The smallest absolute Gasteiger partial charge is 0.0594 e. The van der Waals surface area contributed by atoms with Gasteiger partial charge in [0, 0.05) is 44.3 Å². The molecule has 0 bridgehead atoms. The van der Waals surface area contributed by atoms with E-state index in [4.69, 9.17) is 4.74 Å². The molecule has 0 amide bonds. The first-order valence-corrected chi connectivity index (χ1v) is 6.91. The van der Waals surface area contributed by atoms with Crippen LogP contribution in [-0.2, 0) is 4.74 Å². The van der Waals surface area contributed by atoms with E-state index in [1.807, 2.05) is 0 Å². The molecule has 4 nitrogen and oxygen atoms in total. The van der Waals surface area contributed by atoms with E-state index in [1.54, 1.807) is 0 Å². The first-order valence-electron chi connectivity index (χ1n) is 6.91. The topological polar surface area (TPSA) is 27.7 Å². The van der Waals surface area contributed by atoms with Crippen LogP contribution in [0.1, 0.15) is 20.3 Å². The molecule has 3 atom stereocenters. The summed E-state index contributed by atoms with van der Waals surface area (Å²) in [5, 5.41) is 3.76. The summed E-state index contributed by atoms with van der Waals surface area (Å²) in [5.41, 5.74) is 0. The molecule has 1 N–H and O–H groups in total. The summed E-state index contributed by atoms with van der Waals surface area (Å²) in [6.45, 7) is 10.9. The number of nitrogens with one attached hydrogen (secondary N) is 1. The molecule has 0 saturated carbocycles. The number of nitrogens with zero attached hydrogens (tertiary/aromatic N) is 2. The van der Waals surface area contributed by atoms with Gasteiger partial charge in [-0.25, -0.2) is 0 Å². The van der Waals surface area contributed by atoms with Gasteiger partial charge in [-0.2, -0.15) is 0 Å². The van der Waals surface area contributed by atoms with E-state index in [9.17, 15) is 0 Å². The van der Waals surface area contributed by atoms with Crippen molar-refractivity contribution in [2.75, 3.05) is 46.4 Å². The van der Waals surface area contributed by atoms with E-state index in [-0.39, 0.29) is 0 Å². The number of rotatable bonds is 4. The summed E-state index contributed by atoms with van der Waals surface area (Å²) in [6, 6.07) is 1.98. The van der Waals surface area contributed by atoms with Gasteiger partial charge in [0.15, 0.2) is 0 Å². The molecule has 0 aromatic heterocycles. The third-order valence-corrected chi connectivity index (χ3v) is 4.04. The number of hydrogen-bond donors (Lipinski definition) is 1. The van der Waals surface area contributed by atoms with Gasteiger partial charge < -0.3 is 15.0 Å². The normalized spacial score (nSPS) is 34.1. The van der Waals surface area contributed by atoms with Crippen LogP contribution in [0.15, 0.2) is 0 Å². The third kappa shape index (κ3) is 3.91. The molecule has 2 fully saturated rings. The molecule has 4 heteroatoms. The van der Waals surface area contributed by atoms with Crippen LogP contribution in [0, 0.1) is 0 Å². The lowest BCUT2D eigenvalue weighted by molar-refractivity contribution is 0.0339. The van der Waals surface area contributed by atoms with Crippen molar-refractivity contribution in [1.29, 1.82) is 0 Å². The third-order valence-electron chi connectivity index (χ3n) is 4.04. The Hall–Kier alpha value is -0.160. The maximum Gasteiger partial charge on any atom is 0.0594 e. The lowest BCUT2D eigenvalue weighted by Gasteiger charge is -2.30. The Balaban J connectivity index is 1.68. The quantitative estimate of drug-likeness (QED) is 0.770. The standard InChI is InChI=1S/C13H27N3O/c1-11(9-16-4-6-17-7-5-16)14-13-8-12(2)15(3)10-13/h11-14H,4-10H2,1-3H3. The minimum Gasteiger partial charge on any atom is -0.379 e. The van der Waals surface area contributed by atoms with Crippen LogP contribution in [0.5, 0.6) is 0 Å². The van der Waals surface area contributed by atoms with Gasteiger partial charge in [0.25, 0.3) is 0 Å². The summed E-state index contributed by atoms with van der Waals surface area (Å²) in [7, 11) is 2.22. The lowest BCUT2D eigenvalue weighted by Crippen LogP contribution is -2.47. The molecular weight excluding hydrogens is 214 g/mol. The zero-order valence-electron chi connectivity index (χ0n) is 11.5. The highest BCUT2D eigenvalue weighted by molar-refractivity contribution is 4.87. The Morgan fingerprint density at radius 3 is 2.65 bits per heavy atom. The highest BCUT2D eigenvalue weighted by Crippen LogP contribution is 2.15. The number of likely N-dealkylation sites (N-methyl/N-ethyl adjacent to an activating group) is 1. The fraction of sp³-hybridized carbons (Fsp3) is 1.00. The molecule has 2 saturated heterocycles. The largest absolute Gasteiger partial charge is 0.379 e. The first-order chi connectivity index (χ1) is 8.15. The van der Waals surface area contributed by atoms with Crippen molar-refractivity contribution < 1.29 is 4.74 Å². The molecule has 100 valence electrons. The molecule has 17 heavy (non-hydrogen) atoms. The van der Waals surface area contributed by atoms with Gasteiger partial charge in [-0.1, -0.05) is 0 Å². The summed E-state index contributed by atoms with van der Waals surface area (Å²) >= 11 is 0. The molecule has 2 heterocycles. The van der Waals surface area contributed by atoms with E-state index >= 15 is 0 Å². The van der Waals surface area contributed by atoms with Gasteiger partial charge in [-0.05, 0) is 27.3 Å². The van der Waals surface area contributed by atoms with Crippen molar-refractivity contribution in [3.8, 4) is 0 Å². The van der Waals surface area contributed by atoms with E-state index in [0.717, 1.165) is 38.9 Å². The van der Waals surface area contributed by atoms with Crippen LogP contribution in [0.2, 0.25) is 0 Å². The number of morpholine rings is 1. The molecule has 0 spiro atoms. The second-order valence-electron chi connectivity index (χ2n) is 5.70. The van der Waals surface area contributed by atoms with Crippen molar-refractivity contribution in [1.82, 2.24) is 15.1 Å². The van der Waals surface area contributed by atoms with Crippen molar-refractivity contribution in [3.05, 3.63) is 0 Å². The van der Waals surface area contributed by atoms with Crippen LogP contribution >= 0.6 is 0 Å². The van der Waals surface area contributed by atoms with Crippen LogP contribution in [-0.4, -0.2) is 74.4 Å². The number of likely N-dealkylation sites (tertiary alicyclic amines) is 1. The minimum atomic E-state index is 0.580. The summed E-state index contributed by atoms with van der Waals surface area (Å²) < 4.78 is 5.37. The molecule has 0 aliphatic carbocycles. The molecule has 0 aromatic carbocycles. The Bertz CT molecular complexity index is 221. The average molecular weight is 241 g/mol. The van der Waals surface area contributed by atoms with Gasteiger partial charge in [0.05, 0.1) is 13.2 Å². The van der Waals surface area contributed by atoms with Crippen molar-refractivity contribution in [2.24, 2.45) is 0 Å². The van der Waals surface area contributed by atoms with Gasteiger partial charge in [0.1, 0.15) is 0 Å². The van der Waals surface area contributed by atoms with Gasteiger partial charge in [-0.3, -0.25) is 4.90 Å². The Morgan fingerprint density at radius 1 is 1.35 bits per heavy atom. The van der Waals surface area contributed by atoms with Crippen molar-refractivity contribution in [3.63, 3.8) is 0 Å². The van der Waals surface area contributed by atoms with Crippen LogP contribution < -0.4 is 5.32 Å². The van der Waals surface area contributed by atoms with Crippen LogP contribution in [0.25, 0.3) is 0 Å². The van der Waals surface area contributed by atoms with Crippen molar-refractivity contribution in [2.45, 2.75) is 38.4 Å². The predicted octanol–water partition coefficient (Wildman–Crippen LogP) is 0.389. The minimum absolute atomic E-state index is 0.580. The van der Waals surface area contributed by atoms with Crippen molar-refractivity contribution >= 4 is 0 Å². The zero-order chi connectivity index (χ0) is 12.3. The highest BCUT2D eigenvalue weighted by Gasteiger charge is 2.27. The van der Waals surface area contributed by atoms with Gasteiger partial charge in [-0.15, -0.1) is 0 Å². The second kappa shape index (κ2) is 6.14. The van der Waals surface area contributed by atoms with E-state index < -0.39 is 0 Å². The van der Waals surface area contributed by atoms with Crippen LogP contribution in [0.4, 0.5) is 0 Å². The Labute approximate surface area is 105 Å². The monoisotopic (exact) mass is 241 g/mol.